The Kier molecular flexibility index (Phi) is 2.00. The van der Waals surface area contributed by atoms with Crippen LogP contribution in [0.4, 0.5) is 0 Å². The molecule has 0 saturated heterocycles. The third-order valence-corrected chi connectivity index (χ3v) is 1.73. The van der Waals surface area contributed by atoms with Gasteiger partial charge in [-0.2, -0.15) is 5.10 Å². The molecule has 0 aliphatic carbocycles. The van der Waals surface area contributed by atoms with Crippen LogP contribution in [0.5, 0.6) is 0 Å². The van der Waals surface area contributed by atoms with Gasteiger partial charge in [0.1, 0.15) is 0 Å². The monoisotopic (exact) mass is 148 g/mol. The van der Waals surface area contributed by atoms with E-state index in [1.54, 1.807) is 0 Å². The van der Waals surface area contributed by atoms with Crippen LogP contribution in [0.2, 0.25) is 0 Å². The summed E-state index contributed by atoms with van der Waals surface area (Å²) in [6.45, 7) is 3.96. The first-order chi connectivity index (χ1) is 5.15. The molecule has 1 rings (SSSR count). The van der Waals surface area contributed by atoms with Gasteiger partial charge < -0.3 is 0 Å². The molecule has 1 unspecified atom stereocenters. The third kappa shape index (κ3) is 1.43. The van der Waals surface area contributed by atoms with Crippen LogP contribution in [-0.2, 0) is 7.05 Å². The molecule has 0 N–H and O–H groups in total. The van der Waals surface area contributed by atoms with Crippen LogP contribution in [0.3, 0.4) is 0 Å². The summed E-state index contributed by atoms with van der Waals surface area (Å²) in [5, 5.41) is 4.20. The van der Waals surface area contributed by atoms with E-state index in [4.69, 9.17) is 6.42 Å². The molecule has 1 atom stereocenters. The number of rotatable bonds is 1. The Morgan fingerprint density at radius 3 is 2.73 bits per heavy atom. The zero-order valence-corrected chi connectivity index (χ0v) is 7.13. The van der Waals surface area contributed by atoms with Crippen LogP contribution in [-0.4, -0.2) is 9.78 Å². The molecule has 0 fully saturated rings. The SMILES string of the molecule is C#CC(C)c1cc(C)nn1C. The molecule has 0 spiro atoms. The number of aryl methyl sites for hydroxylation is 2. The lowest BCUT2D eigenvalue weighted by Crippen LogP contribution is -2.00. The van der Waals surface area contributed by atoms with E-state index >= 15 is 0 Å². The van der Waals surface area contributed by atoms with Crippen molar-refractivity contribution < 1.29 is 0 Å². The fourth-order valence-corrected chi connectivity index (χ4v) is 1.12. The molecule has 2 heteroatoms. The maximum Gasteiger partial charge on any atom is 0.0596 e. The van der Waals surface area contributed by atoms with Gasteiger partial charge in [-0.25, -0.2) is 0 Å². The Hall–Kier alpha value is -1.23. The molecular weight excluding hydrogens is 136 g/mol. The average Bonchev–Trinajstić information content (AvgIpc) is 2.28. The zero-order chi connectivity index (χ0) is 8.43. The van der Waals surface area contributed by atoms with Crippen LogP contribution in [0.15, 0.2) is 6.07 Å². The topological polar surface area (TPSA) is 17.8 Å². The molecule has 58 valence electrons. The number of hydrogen-bond donors (Lipinski definition) is 0. The fraction of sp³-hybridized carbons (Fsp3) is 0.444. The minimum absolute atomic E-state index is 0.154. The summed E-state index contributed by atoms with van der Waals surface area (Å²) >= 11 is 0. The second-order valence-electron chi connectivity index (χ2n) is 2.72. The highest BCUT2D eigenvalue weighted by Crippen LogP contribution is 2.13. The van der Waals surface area contributed by atoms with Gasteiger partial charge in [-0.1, -0.05) is 5.92 Å². The van der Waals surface area contributed by atoms with E-state index in [9.17, 15) is 0 Å². The number of hydrogen-bond acceptors (Lipinski definition) is 1. The summed E-state index contributed by atoms with van der Waals surface area (Å²) in [6.07, 6.45) is 5.29. The number of nitrogens with zero attached hydrogens (tertiary/aromatic N) is 2. The normalized spacial score (nSPS) is 12.5. The molecule has 1 aromatic heterocycles. The zero-order valence-electron chi connectivity index (χ0n) is 7.13. The molecule has 11 heavy (non-hydrogen) atoms. The summed E-state index contributed by atoms with van der Waals surface area (Å²) < 4.78 is 1.83. The predicted molar refractivity (Wildman–Crippen MR) is 45.2 cm³/mol. The van der Waals surface area contributed by atoms with Crippen LogP contribution in [0, 0.1) is 19.3 Å². The molecule has 2 nitrogen and oxygen atoms in total. The highest BCUT2D eigenvalue weighted by molar-refractivity contribution is 5.20. The Morgan fingerprint density at radius 1 is 1.73 bits per heavy atom. The van der Waals surface area contributed by atoms with Gasteiger partial charge in [-0.15, -0.1) is 6.42 Å². The van der Waals surface area contributed by atoms with E-state index in [1.165, 1.54) is 0 Å². The molecular formula is C9H12N2. The summed E-state index contributed by atoms with van der Waals surface area (Å²) in [4.78, 5) is 0. The molecule has 0 amide bonds. The average molecular weight is 148 g/mol. The first kappa shape index (κ1) is 7.87. The highest BCUT2D eigenvalue weighted by Gasteiger charge is 2.06. The molecule has 1 heterocycles. The lowest BCUT2D eigenvalue weighted by molar-refractivity contribution is 0.694. The van der Waals surface area contributed by atoms with Crippen LogP contribution >= 0.6 is 0 Å². The van der Waals surface area contributed by atoms with Crippen molar-refractivity contribution in [1.82, 2.24) is 9.78 Å². The van der Waals surface area contributed by atoms with Gasteiger partial charge >= 0.3 is 0 Å². The van der Waals surface area contributed by atoms with Gasteiger partial charge in [0.2, 0.25) is 0 Å². The van der Waals surface area contributed by atoms with Gasteiger partial charge in [0.05, 0.1) is 17.3 Å². The lowest BCUT2D eigenvalue weighted by Gasteiger charge is -2.02. The van der Waals surface area contributed by atoms with Gasteiger partial charge in [0, 0.05) is 7.05 Å². The number of terminal acetylenes is 1. The Bertz CT molecular complexity index is 291. The summed E-state index contributed by atoms with van der Waals surface area (Å²) in [6, 6.07) is 2.02. The van der Waals surface area contributed by atoms with E-state index in [2.05, 4.69) is 11.0 Å². The van der Waals surface area contributed by atoms with Gasteiger partial charge in [-0.05, 0) is 19.9 Å². The summed E-state index contributed by atoms with van der Waals surface area (Å²) in [5.41, 5.74) is 2.12. The van der Waals surface area contributed by atoms with Crippen molar-refractivity contribution in [3.8, 4) is 12.3 Å². The highest BCUT2D eigenvalue weighted by atomic mass is 15.3. The van der Waals surface area contributed by atoms with E-state index in [0.717, 1.165) is 11.4 Å². The van der Waals surface area contributed by atoms with Gasteiger partial charge in [-0.3, -0.25) is 4.68 Å². The van der Waals surface area contributed by atoms with E-state index in [-0.39, 0.29) is 5.92 Å². The Balaban J connectivity index is 3.05. The van der Waals surface area contributed by atoms with E-state index in [1.807, 2.05) is 31.6 Å². The van der Waals surface area contributed by atoms with Crippen molar-refractivity contribution in [1.29, 1.82) is 0 Å². The Labute approximate surface area is 67.2 Å². The van der Waals surface area contributed by atoms with Gasteiger partial charge in [0.25, 0.3) is 0 Å². The Morgan fingerprint density at radius 2 is 2.36 bits per heavy atom. The first-order valence-corrected chi connectivity index (χ1v) is 3.62. The lowest BCUT2D eigenvalue weighted by atomic mass is 10.1. The largest absolute Gasteiger partial charge is 0.271 e. The van der Waals surface area contributed by atoms with Crippen molar-refractivity contribution in [2.75, 3.05) is 0 Å². The van der Waals surface area contributed by atoms with Crippen LogP contribution in [0.25, 0.3) is 0 Å². The molecule has 0 radical (unpaired) electrons. The van der Waals surface area contributed by atoms with Crippen molar-refractivity contribution in [2.45, 2.75) is 19.8 Å². The molecule has 1 aromatic rings. The molecule has 0 aromatic carbocycles. The summed E-state index contributed by atoms with van der Waals surface area (Å²) in [5.74, 6) is 2.83. The maximum absolute atomic E-state index is 5.29. The second-order valence-corrected chi connectivity index (χ2v) is 2.72. The molecule has 0 bridgehead atoms. The standard InChI is InChI=1S/C9H12N2/c1-5-7(2)9-6-8(3)10-11(9)4/h1,6-7H,2-4H3. The number of aromatic nitrogens is 2. The predicted octanol–water partition coefficient (Wildman–Crippen LogP) is 1.47. The maximum atomic E-state index is 5.29. The van der Waals surface area contributed by atoms with Gasteiger partial charge in [0.15, 0.2) is 0 Å². The minimum atomic E-state index is 0.154. The molecule has 0 aliphatic heterocycles. The van der Waals surface area contributed by atoms with E-state index < -0.39 is 0 Å². The fourth-order valence-electron chi connectivity index (χ4n) is 1.12. The van der Waals surface area contributed by atoms with Crippen LogP contribution < -0.4 is 0 Å². The third-order valence-electron chi connectivity index (χ3n) is 1.73. The van der Waals surface area contributed by atoms with Crippen molar-refractivity contribution in [3.05, 3.63) is 17.5 Å². The molecule has 0 saturated carbocycles. The minimum Gasteiger partial charge on any atom is -0.271 e. The summed E-state index contributed by atoms with van der Waals surface area (Å²) in [7, 11) is 1.91. The van der Waals surface area contributed by atoms with E-state index in [0.29, 0.717) is 0 Å². The van der Waals surface area contributed by atoms with Crippen molar-refractivity contribution in [2.24, 2.45) is 7.05 Å². The van der Waals surface area contributed by atoms with Crippen LogP contribution in [0.1, 0.15) is 24.2 Å². The van der Waals surface area contributed by atoms with Crippen molar-refractivity contribution >= 4 is 0 Å². The smallest absolute Gasteiger partial charge is 0.0596 e. The molecule has 0 aliphatic rings. The first-order valence-electron chi connectivity index (χ1n) is 3.62. The van der Waals surface area contributed by atoms with Crippen molar-refractivity contribution in [3.63, 3.8) is 0 Å². The second kappa shape index (κ2) is 2.79. The quantitative estimate of drug-likeness (QED) is 0.551.